The van der Waals surface area contributed by atoms with Gasteiger partial charge in [0, 0.05) is 6.04 Å². The van der Waals surface area contributed by atoms with E-state index in [-0.39, 0.29) is 0 Å². The molecular formula is C13H21FN2. The molecule has 0 aliphatic heterocycles. The van der Waals surface area contributed by atoms with Crippen molar-refractivity contribution in [3.8, 4) is 0 Å². The lowest BCUT2D eigenvalue weighted by atomic mass is 10.1. The number of anilines is 1. The minimum Gasteiger partial charge on any atom is -0.368 e. The van der Waals surface area contributed by atoms with Crippen molar-refractivity contribution >= 4 is 5.82 Å². The number of hydrogen-bond acceptors (Lipinski definition) is 2. The lowest BCUT2D eigenvalue weighted by Gasteiger charge is -2.14. The molecule has 0 saturated carbocycles. The molecule has 90 valence electrons. The van der Waals surface area contributed by atoms with Gasteiger partial charge in [0.1, 0.15) is 5.82 Å². The molecule has 0 spiro atoms. The quantitative estimate of drug-likeness (QED) is 0.559. The van der Waals surface area contributed by atoms with Crippen molar-refractivity contribution < 1.29 is 4.39 Å². The van der Waals surface area contributed by atoms with Crippen LogP contribution in [-0.4, -0.2) is 11.0 Å². The van der Waals surface area contributed by atoms with Crippen molar-refractivity contribution in [2.75, 3.05) is 5.32 Å². The van der Waals surface area contributed by atoms with Crippen molar-refractivity contribution in [1.82, 2.24) is 4.98 Å². The van der Waals surface area contributed by atoms with Crippen molar-refractivity contribution in [1.29, 1.82) is 0 Å². The zero-order valence-corrected chi connectivity index (χ0v) is 10.2. The topological polar surface area (TPSA) is 24.9 Å². The molecule has 1 N–H and O–H groups in total. The monoisotopic (exact) mass is 224 g/mol. The van der Waals surface area contributed by atoms with Gasteiger partial charge < -0.3 is 5.32 Å². The second-order valence-corrected chi connectivity index (χ2v) is 4.24. The van der Waals surface area contributed by atoms with Crippen LogP contribution in [0.1, 0.15) is 46.0 Å². The predicted octanol–water partition coefficient (Wildman–Crippen LogP) is 3.99. The Morgan fingerprint density at radius 2 is 2.12 bits per heavy atom. The van der Waals surface area contributed by atoms with Crippen molar-refractivity contribution in [2.24, 2.45) is 0 Å². The maximum atomic E-state index is 12.8. The van der Waals surface area contributed by atoms with Crippen molar-refractivity contribution in [3.63, 3.8) is 0 Å². The number of halogens is 1. The van der Waals surface area contributed by atoms with Gasteiger partial charge in [-0.2, -0.15) is 4.39 Å². The molecule has 0 saturated heterocycles. The van der Waals surface area contributed by atoms with Crippen LogP contribution in [0.15, 0.2) is 18.2 Å². The third kappa shape index (κ3) is 5.10. The second-order valence-electron chi connectivity index (χ2n) is 4.24. The van der Waals surface area contributed by atoms with E-state index < -0.39 is 5.95 Å². The first kappa shape index (κ1) is 12.9. The van der Waals surface area contributed by atoms with Crippen molar-refractivity contribution in [2.45, 2.75) is 52.0 Å². The van der Waals surface area contributed by atoms with Crippen LogP contribution in [0.2, 0.25) is 0 Å². The van der Waals surface area contributed by atoms with Gasteiger partial charge in [-0.05, 0) is 25.5 Å². The standard InChI is InChI=1S/C13H21FN2/c1-3-4-5-6-8-11(2)15-13-10-7-9-12(14)16-13/h7,9-11H,3-6,8H2,1-2H3,(H,15,16). The van der Waals surface area contributed by atoms with Crippen molar-refractivity contribution in [3.05, 3.63) is 24.1 Å². The smallest absolute Gasteiger partial charge is 0.214 e. The van der Waals surface area contributed by atoms with E-state index in [1.54, 1.807) is 12.1 Å². The highest BCUT2D eigenvalue weighted by molar-refractivity contribution is 5.34. The third-order valence-corrected chi connectivity index (χ3v) is 2.60. The summed E-state index contributed by atoms with van der Waals surface area (Å²) in [6.45, 7) is 4.32. The molecule has 1 aromatic heterocycles. The number of nitrogens with zero attached hydrogens (tertiary/aromatic N) is 1. The van der Waals surface area contributed by atoms with Gasteiger partial charge in [-0.1, -0.05) is 38.7 Å². The molecule has 0 aliphatic carbocycles. The maximum Gasteiger partial charge on any atom is 0.214 e. The lowest BCUT2D eigenvalue weighted by Crippen LogP contribution is -2.16. The number of unbranched alkanes of at least 4 members (excludes halogenated alkanes) is 3. The second kappa shape index (κ2) is 7.20. The van der Waals surface area contributed by atoms with Gasteiger partial charge >= 0.3 is 0 Å². The molecule has 0 amide bonds. The summed E-state index contributed by atoms with van der Waals surface area (Å²) >= 11 is 0. The highest BCUT2D eigenvalue weighted by Crippen LogP contribution is 2.10. The molecule has 0 radical (unpaired) electrons. The van der Waals surface area contributed by atoms with E-state index in [1.165, 1.54) is 31.7 Å². The Labute approximate surface area is 97.3 Å². The van der Waals surface area contributed by atoms with Crippen LogP contribution in [-0.2, 0) is 0 Å². The molecule has 0 bridgehead atoms. The largest absolute Gasteiger partial charge is 0.368 e. The average molecular weight is 224 g/mol. The van der Waals surface area contributed by atoms with Crippen LogP contribution in [0, 0.1) is 5.95 Å². The summed E-state index contributed by atoms with van der Waals surface area (Å²) < 4.78 is 12.8. The number of nitrogens with one attached hydrogen (secondary N) is 1. The molecule has 1 rings (SSSR count). The van der Waals surface area contributed by atoms with Gasteiger partial charge in [-0.25, -0.2) is 4.98 Å². The number of pyridine rings is 1. The fourth-order valence-corrected chi connectivity index (χ4v) is 1.69. The molecule has 0 fully saturated rings. The van der Waals surface area contributed by atoms with Crippen LogP contribution in [0.5, 0.6) is 0 Å². The van der Waals surface area contributed by atoms with Gasteiger partial charge in [0.25, 0.3) is 0 Å². The van der Waals surface area contributed by atoms with Gasteiger partial charge in [0.15, 0.2) is 0 Å². The molecule has 2 nitrogen and oxygen atoms in total. The summed E-state index contributed by atoms with van der Waals surface area (Å²) in [4.78, 5) is 3.78. The summed E-state index contributed by atoms with van der Waals surface area (Å²) in [6.07, 6.45) is 6.16. The summed E-state index contributed by atoms with van der Waals surface area (Å²) in [7, 11) is 0. The van der Waals surface area contributed by atoms with Gasteiger partial charge in [-0.3, -0.25) is 0 Å². The minimum absolute atomic E-state index is 0.353. The molecule has 1 aromatic rings. The highest BCUT2D eigenvalue weighted by Gasteiger charge is 2.03. The molecule has 3 heteroatoms. The molecular weight excluding hydrogens is 203 g/mol. The van der Waals surface area contributed by atoms with Crippen LogP contribution in [0.25, 0.3) is 0 Å². The Morgan fingerprint density at radius 3 is 2.81 bits per heavy atom. The maximum absolute atomic E-state index is 12.8. The van der Waals surface area contributed by atoms with E-state index in [1.807, 2.05) is 0 Å². The van der Waals surface area contributed by atoms with E-state index in [0.29, 0.717) is 11.9 Å². The average Bonchev–Trinajstić information content (AvgIpc) is 2.24. The molecule has 1 unspecified atom stereocenters. The van der Waals surface area contributed by atoms with E-state index in [4.69, 9.17) is 0 Å². The molecule has 1 heterocycles. The van der Waals surface area contributed by atoms with E-state index in [9.17, 15) is 4.39 Å². The summed E-state index contributed by atoms with van der Waals surface area (Å²) in [5.74, 6) is 0.200. The number of rotatable bonds is 7. The van der Waals surface area contributed by atoms with Crippen LogP contribution in [0.4, 0.5) is 10.2 Å². The third-order valence-electron chi connectivity index (χ3n) is 2.60. The molecule has 0 aromatic carbocycles. The molecule has 16 heavy (non-hydrogen) atoms. The zero-order valence-electron chi connectivity index (χ0n) is 10.2. The number of aromatic nitrogens is 1. The van der Waals surface area contributed by atoms with Gasteiger partial charge in [-0.15, -0.1) is 0 Å². The van der Waals surface area contributed by atoms with Crippen LogP contribution in [0.3, 0.4) is 0 Å². The highest BCUT2D eigenvalue weighted by atomic mass is 19.1. The van der Waals surface area contributed by atoms with Crippen LogP contribution < -0.4 is 5.32 Å². The zero-order chi connectivity index (χ0) is 11.8. The normalized spacial score (nSPS) is 12.4. The first-order valence-electron chi connectivity index (χ1n) is 6.11. The number of hydrogen-bond donors (Lipinski definition) is 1. The van der Waals surface area contributed by atoms with E-state index in [2.05, 4.69) is 24.1 Å². The SMILES string of the molecule is CCCCCCC(C)Nc1cccc(F)n1. The lowest BCUT2D eigenvalue weighted by molar-refractivity contribution is 0.576. The minimum atomic E-state index is -0.428. The van der Waals surface area contributed by atoms with E-state index >= 15 is 0 Å². The fraction of sp³-hybridized carbons (Fsp3) is 0.615. The first-order valence-corrected chi connectivity index (χ1v) is 6.11. The Kier molecular flexibility index (Phi) is 5.83. The predicted molar refractivity (Wildman–Crippen MR) is 66.0 cm³/mol. The fourth-order valence-electron chi connectivity index (χ4n) is 1.69. The Morgan fingerprint density at radius 1 is 1.31 bits per heavy atom. The van der Waals surface area contributed by atoms with Gasteiger partial charge in [0.2, 0.25) is 5.95 Å². The Hall–Kier alpha value is -1.12. The van der Waals surface area contributed by atoms with Crippen LogP contribution >= 0.6 is 0 Å². The Balaban J connectivity index is 2.25. The first-order chi connectivity index (χ1) is 7.72. The molecule has 0 aliphatic rings. The van der Waals surface area contributed by atoms with Gasteiger partial charge in [0.05, 0.1) is 0 Å². The Bertz CT molecular complexity index is 302. The summed E-state index contributed by atoms with van der Waals surface area (Å²) in [5.41, 5.74) is 0. The summed E-state index contributed by atoms with van der Waals surface area (Å²) in [6, 6.07) is 5.18. The van der Waals surface area contributed by atoms with E-state index in [0.717, 1.165) is 6.42 Å². The summed E-state index contributed by atoms with van der Waals surface area (Å²) in [5, 5.41) is 3.21. The molecule has 1 atom stereocenters.